The molecule has 162 valence electrons. The quantitative estimate of drug-likeness (QED) is 0.717. The Balaban J connectivity index is 1.99. The van der Waals surface area contributed by atoms with Crippen LogP contribution >= 0.6 is 0 Å². The van der Waals surface area contributed by atoms with Crippen molar-refractivity contribution >= 4 is 18.0 Å². The summed E-state index contributed by atoms with van der Waals surface area (Å²) in [6, 6.07) is 0.0389. The number of anilines is 1. The third-order valence-corrected chi connectivity index (χ3v) is 4.31. The lowest BCUT2D eigenvalue weighted by Gasteiger charge is -2.30. The fraction of sp³-hybridized carbons (Fsp3) is 0.700. The summed E-state index contributed by atoms with van der Waals surface area (Å²) < 4.78 is 16.5. The fourth-order valence-corrected chi connectivity index (χ4v) is 2.97. The van der Waals surface area contributed by atoms with Crippen molar-refractivity contribution in [3.63, 3.8) is 0 Å². The van der Waals surface area contributed by atoms with Crippen molar-refractivity contribution in [2.45, 2.75) is 71.1 Å². The van der Waals surface area contributed by atoms with Crippen molar-refractivity contribution in [2.75, 3.05) is 25.6 Å². The molecule has 0 saturated heterocycles. The summed E-state index contributed by atoms with van der Waals surface area (Å²) in [6.07, 6.45) is 3.89. The van der Waals surface area contributed by atoms with E-state index in [1.165, 1.54) is 6.20 Å². The first-order valence-electron chi connectivity index (χ1n) is 9.96. The first-order chi connectivity index (χ1) is 13.6. The SMILES string of the molecule is CCOC(=O)c1cnc(N(C)C)nc1OC1CCC(NC(=O)OC(C)(C)C)CC1. The first-order valence-corrected chi connectivity index (χ1v) is 9.96. The van der Waals surface area contributed by atoms with Crippen molar-refractivity contribution in [3.05, 3.63) is 11.8 Å². The molecule has 9 nitrogen and oxygen atoms in total. The first kappa shape index (κ1) is 22.7. The van der Waals surface area contributed by atoms with E-state index in [-0.39, 0.29) is 30.2 Å². The Morgan fingerprint density at radius 3 is 2.41 bits per heavy atom. The zero-order chi connectivity index (χ0) is 21.6. The Morgan fingerprint density at radius 2 is 1.86 bits per heavy atom. The van der Waals surface area contributed by atoms with Gasteiger partial charge in [0.25, 0.3) is 0 Å². The number of hydrogen-bond acceptors (Lipinski definition) is 8. The lowest BCUT2D eigenvalue weighted by molar-refractivity contribution is 0.0456. The van der Waals surface area contributed by atoms with E-state index in [4.69, 9.17) is 14.2 Å². The molecule has 0 unspecified atom stereocenters. The number of carbonyl (C=O) groups is 2. The molecule has 0 radical (unpaired) electrons. The van der Waals surface area contributed by atoms with Crippen LogP contribution in [0, 0.1) is 0 Å². The summed E-state index contributed by atoms with van der Waals surface area (Å²) in [6.45, 7) is 7.51. The number of alkyl carbamates (subject to hydrolysis) is 1. The van der Waals surface area contributed by atoms with E-state index in [2.05, 4.69) is 15.3 Å². The van der Waals surface area contributed by atoms with Crippen LogP contribution in [0.5, 0.6) is 5.88 Å². The number of rotatable bonds is 6. The van der Waals surface area contributed by atoms with Crippen LogP contribution in [0.25, 0.3) is 0 Å². The van der Waals surface area contributed by atoms with Gasteiger partial charge in [-0.25, -0.2) is 14.6 Å². The zero-order valence-electron chi connectivity index (χ0n) is 18.2. The fourth-order valence-electron chi connectivity index (χ4n) is 2.97. The van der Waals surface area contributed by atoms with E-state index < -0.39 is 17.7 Å². The molecule has 1 aliphatic carbocycles. The number of nitrogens with zero attached hydrogens (tertiary/aromatic N) is 3. The Kier molecular flexibility index (Phi) is 7.64. The zero-order valence-corrected chi connectivity index (χ0v) is 18.2. The highest BCUT2D eigenvalue weighted by molar-refractivity contribution is 5.91. The van der Waals surface area contributed by atoms with Crippen LogP contribution in [-0.2, 0) is 9.47 Å². The van der Waals surface area contributed by atoms with E-state index in [0.29, 0.717) is 5.95 Å². The molecule has 9 heteroatoms. The molecule has 0 aliphatic heterocycles. The normalized spacial score (nSPS) is 19.2. The maximum absolute atomic E-state index is 12.2. The molecule has 0 aromatic carbocycles. The van der Waals surface area contributed by atoms with Crippen molar-refractivity contribution < 1.29 is 23.8 Å². The van der Waals surface area contributed by atoms with Crippen LogP contribution in [0.2, 0.25) is 0 Å². The summed E-state index contributed by atoms with van der Waals surface area (Å²) in [7, 11) is 3.63. The van der Waals surface area contributed by atoms with E-state index in [9.17, 15) is 9.59 Å². The average molecular weight is 408 g/mol. The van der Waals surface area contributed by atoms with Gasteiger partial charge in [-0.15, -0.1) is 0 Å². The van der Waals surface area contributed by atoms with Crippen LogP contribution < -0.4 is 15.0 Å². The number of carbonyl (C=O) groups excluding carboxylic acids is 2. The lowest BCUT2D eigenvalue weighted by atomic mass is 9.93. The highest BCUT2D eigenvalue weighted by Gasteiger charge is 2.28. The largest absolute Gasteiger partial charge is 0.474 e. The predicted octanol–water partition coefficient (Wildman–Crippen LogP) is 2.93. The van der Waals surface area contributed by atoms with E-state index >= 15 is 0 Å². The highest BCUT2D eigenvalue weighted by Crippen LogP contribution is 2.26. The van der Waals surface area contributed by atoms with E-state index in [1.54, 1.807) is 11.8 Å². The summed E-state index contributed by atoms with van der Waals surface area (Å²) >= 11 is 0. The minimum absolute atomic E-state index is 0.0389. The summed E-state index contributed by atoms with van der Waals surface area (Å²) in [5.74, 6) is 0.173. The molecule has 1 saturated carbocycles. The van der Waals surface area contributed by atoms with Gasteiger partial charge in [0.05, 0.1) is 12.8 Å². The van der Waals surface area contributed by atoms with Gasteiger partial charge in [-0.1, -0.05) is 0 Å². The second-order valence-corrected chi connectivity index (χ2v) is 8.24. The number of aromatic nitrogens is 2. The van der Waals surface area contributed by atoms with E-state index in [1.807, 2.05) is 34.9 Å². The molecule has 29 heavy (non-hydrogen) atoms. The monoisotopic (exact) mass is 408 g/mol. The van der Waals surface area contributed by atoms with Crippen molar-refractivity contribution in [3.8, 4) is 5.88 Å². The molecule has 1 amide bonds. The van der Waals surface area contributed by atoms with Crippen molar-refractivity contribution in [1.82, 2.24) is 15.3 Å². The Bertz CT molecular complexity index is 709. The van der Waals surface area contributed by atoms with Gasteiger partial charge in [0.15, 0.2) is 0 Å². The van der Waals surface area contributed by atoms with Crippen LogP contribution in [-0.4, -0.2) is 60.5 Å². The number of ether oxygens (including phenoxy) is 3. The Labute approximate surface area is 172 Å². The van der Waals surface area contributed by atoms with Crippen LogP contribution in [0.1, 0.15) is 63.7 Å². The van der Waals surface area contributed by atoms with Gasteiger partial charge in [-0.3, -0.25) is 0 Å². The Hall–Kier alpha value is -2.58. The van der Waals surface area contributed by atoms with Gasteiger partial charge < -0.3 is 24.4 Å². The standard InChI is InChI=1S/C20H32N4O5/c1-7-27-17(25)15-12-21-18(24(5)6)23-16(15)28-14-10-8-13(9-11-14)22-19(26)29-20(2,3)4/h12-14H,7-11H2,1-6H3,(H,22,26). The molecule has 1 N–H and O–H groups in total. The molecule has 1 aromatic heterocycles. The average Bonchev–Trinajstić information content (AvgIpc) is 2.61. The third-order valence-electron chi connectivity index (χ3n) is 4.31. The number of esters is 1. The van der Waals surface area contributed by atoms with Crippen LogP contribution in [0.3, 0.4) is 0 Å². The molecule has 0 atom stereocenters. The topological polar surface area (TPSA) is 103 Å². The minimum Gasteiger partial charge on any atom is -0.474 e. The third kappa shape index (κ3) is 7.07. The summed E-state index contributed by atoms with van der Waals surface area (Å²) in [4.78, 5) is 34.5. The maximum atomic E-state index is 12.2. The molecule has 0 bridgehead atoms. The number of nitrogens with one attached hydrogen (secondary N) is 1. The molecular formula is C20H32N4O5. The molecule has 1 fully saturated rings. The lowest BCUT2D eigenvalue weighted by Crippen LogP contribution is -2.42. The second kappa shape index (κ2) is 9.76. The van der Waals surface area contributed by atoms with Gasteiger partial charge in [-0.2, -0.15) is 4.98 Å². The Morgan fingerprint density at radius 1 is 1.21 bits per heavy atom. The van der Waals surface area contributed by atoms with Gasteiger partial charge in [0, 0.05) is 20.1 Å². The molecular weight excluding hydrogens is 376 g/mol. The minimum atomic E-state index is -0.523. The summed E-state index contributed by atoms with van der Waals surface area (Å²) in [5, 5.41) is 2.91. The van der Waals surface area contributed by atoms with Crippen molar-refractivity contribution in [1.29, 1.82) is 0 Å². The highest BCUT2D eigenvalue weighted by atomic mass is 16.6. The van der Waals surface area contributed by atoms with Gasteiger partial charge >= 0.3 is 12.1 Å². The molecule has 1 heterocycles. The van der Waals surface area contributed by atoms with E-state index in [0.717, 1.165) is 25.7 Å². The predicted molar refractivity (Wildman–Crippen MR) is 108 cm³/mol. The van der Waals surface area contributed by atoms with Gasteiger partial charge in [0.1, 0.15) is 17.3 Å². The number of hydrogen-bond donors (Lipinski definition) is 1. The molecule has 1 aliphatic rings. The van der Waals surface area contributed by atoms with Gasteiger partial charge in [-0.05, 0) is 53.4 Å². The van der Waals surface area contributed by atoms with Crippen LogP contribution in [0.15, 0.2) is 6.20 Å². The molecule has 0 spiro atoms. The second-order valence-electron chi connectivity index (χ2n) is 8.24. The van der Waals surface area contributed by atoms with Crippen molar-refractivity contribution in [2.24, 2.45) is 0 Å². The van der Waals surface area contributed by atoms with Gasteiger partial charge in [0.2, 0.25) is 11.8 Å². The summed E-state index contributed by atoms with van der Waals surface area (Å²) in [5.41, 5.74) is -0.308. The van der Waals surface area contributed by atoms with Crippen LogP contribution in [0.4, 0.5) is 10.7 Å². The molecule has 2 rings (SSSR count). The molecule has 1 aromatic rings. The smallest absolute Gasteiger partial charge is 0.407 e. The number of amides is 1. The maximum Gasteiger partial charge on any atom is 0.407 e.